The van der Waals surface area contributed by atoms with Gasteiger partial charge in [0, 0.05) is 19.6 Å². The number of halogens is 2. The van der Waals surface area contributed by atoms with Crippen LogP contribution in [0.25, 0.3) is 0 Å². The molecule has 1 fully saturated rings. The number of nitrogens with one attached hydrogen (secondary N) is 1. The summed E-state index contributed by atoms with van der Waals surface area (Å²) in [5.74, 6) is 0.0800. The molecule has 88 valence electrons. The highest BCUT2D eigenvalue weighted by molar-refractivity contribution is 9.10. The molecule has 1 amide bonds. The third-order valence-corrected chi connectivity index (χ3v) is 3.50. The van der Waals surface area contributed by atoms with Crippen LogP contribution in [0.5, 0.6) is 0 Å². The van der Waals surface area contributed by atoms with Gasteiger partial charge in [0.05, 0.1) is 0 Å². The minimum atomic E-state index is -1.09. The van der Waals surface area contributed by atoms with Gasteiger partial charge in [0.2, 0.25) is 5.91 Å². The van der Waals surface area contributed by atoms with Crippen LogP contribution >= 0.6 is 15.9 Å². The van der Waals surface area contributed by atoms with Crippen LogP contribution in [-0.2, 0) is 9.53 Å². The number of amides is 1. The summed E-state index contributed by atoms with van der Waals surface area (Å²) in [5.41, 5.74) is 0. The summed E-state index contributed by atoms with van der Waals surface area (Å²) >= 11 is 3.01. The molecule has 1 N–H and O–H groups in total. The Kier molecular flexibility index (Phi) is 4.99. The normalized spacial score (nSPS) is 28.9. The third-order valence-electron chi connectivity index (χ3n) is 2.53. The second-order valence-electron chi connectivity index (χ2n) is 3.94. The lowest BCUT2D eigenvalue weighted by Crippen LogP contribution is -2.27. The number of rotatable bonds is 7. The van der Waals surface area contributed by atoms with E-state index in [2.05, 4.69) is 26.0 Å². The maximum absolute atomic E-state index is 13.0. The van der Waals surface area contributed by atoms with E-state index < -0.39 is 4.58 Å². The zero-order valence-corrected chi connectivity index (χ0v) is 10.5. The SMILES string of the molecule is COCC(=O)NCCCCC1CC1(F)Br. The second kappa shape index (κ2) is 5.80. The van der Waals surface area contributed by atoms with Gasteiger partial charge in [0.1, 0.15) is 6.61 Å². The van der Waals surface area contributed by atoms with Crippen molar-refractivity contribution >= 4 is 21.8 Å². The summed E-state index contributed by atoms with van der Waals surface area (Å²) < 4.78 is 16.6. The summed E-state index contributed by atoms with van der Waals surface area (Å²) in [6, 6.07) is 0. The fourth-order valence-corrected chi connectivity index (χ4v) is 2.13. The minimum Gasteiger partial charge on any atom is -0.375 e. The summed E-state index contributed by atoms with van der Waals surface area (Å²) in [6.45, 7) is 0.758. The van der Waals surface area contributed by atoms with Gasteiger partial charge in [-0.3, -0.25) is 4.79 Å². The average Bonchev–Trinajstić information content (AvgIpc) is 2.74. The van der Waals surface area contributed by atoms with Gasteiger partial charge in [0.15, 0.2) is 4.58 Å². The van der Waals surface area contributed by atoms with Crippen LogP contribution in [0, 0.1) is 5.92 Å². The highest BCUT2D eigenvalue weighted by atomic mass is 79.9. The molecular formula is C10H17BrFNO2. The number of hydrogen-bond donors (Lipinski definition) is 1. The van der Waals surface area contributed by atoms with Crippen LogP contribution in [0.4, 0.5) is 4.39 Å². The monoisotopic (exact) mass is 281 g/mol. The van der Waals surface area contributed by atoms with Crippen molar-refractivity contribution in [3.05, 3.63) is 0 Å². The molecule has 0 spiro atoms. The van der Waals surface area contributed by atoms with Crippen LogP contribution in [0.2, 0.25) is 0 Å². The van der Waals surface area contributed by atoms with Crippen molar-refractivity contribution in [3.63, 3.8) is 0 Å². The zero-order chi connectivity index (χ0) is 11.3. The molecule has 2 unspecified atom stereocenters. The van der Waals surface area contributed by atoms with Crippen molar-refractivity contribution in [1.29, 1.82) is 0 Å². The van der Waals surface area contributed by atoms with Crippen LogP contribution in [-0.4, -0.2) is 30.7 Å². The first-order chi connectivity index (χ1) is 7.06. The van der Waals surface area contributed by atoms with Gasteiger partial charge in [-0.25, -0.2) is 4.39 Å². The second-order valence-corrected chi connectivity index (χ2v) is 5.26. The van der Waals surface area contributed by atoms with Crippen LogP contribution < -0.4 is 5.32 Å². The topological polar surface area (TPSA) is 38.3 Å². The van der Waals surface area contributed by atoms with Gasteiger partial charge in [-0.15, -0.1) is 0 Å². The van der Waals surface area contributed by atoms with Gasteiger partial charge >= 0.3 is 0 Å². The largest absolute Gasteiger partial charge is 0.375 e. The zero-order valence-electron chi connectivity index (χ0n) is 8.89. The molecule has 3 nitrogen and oxygen atoms in total. The summed E-state index contributed by atoms with van der Waals surface area (Å²) in [6.07, 6.45) is 3.37. The van der Waals surface area contributed by atoms with Crippen molar-refractivity contribution in [3.8, 4) is 0 Å². The highest BCUT2D eigenvalue weighted by Gasteiger charge is 2.52. The summed E-state index contributed by atoms with van der Waals surface area (Å²) in [5, 5.41) is 2.73. The number of hydrogen-bond acceptors (Lipinski definition) is 2. The fourth-order valence-electron chi connectivity index (χ4n) is 1.51. The van der Waals surface area contributed by atoms with E-state index in [0.29, 0.717) is 13.0 Å². The Hall–Kier alpha value is -0.160. The molecule has 0 radical (unpaired) electrons. The maximum Gasteiger partial charge on any atom is 0.245 e. The van der Waals surface area contributed by atoms with E-state index in [1.54, 1.807) is 0 Å². The number of carbonyl (C=O) groups excluding carboxylic acids is 1. The van der Waals surface area contributed by atoms with E-state index in [4.69, 9.17) is 0 Å². The average molecular weight is 282 g/mol. The molecule has 5 heteroatoms. The number of carbonyl (C=O) groups is 1. The predicted molar refractivity (Wildman–Crippen MR) is 59.6 cm³/mol. The van der Waals surface area contributed by atoms with Crippen molar-refractivity contribution in [2.75, 3.05) is 20.3 Å². The molecule has 0 saturated heterocycles. The van der Waals surface area contributed by atoms with E-state index >= 15 is 0 Å². The molecule has 0 aromatic rings. The first-order valence-electron chi connectivity index (χ1n) is 5.19. The van der Waals surface area contributed by atoms with Gasteiger partial charge in [-0.1, -0.05) is 6.42 Å². The molecule has 1 rings (SSSR count). The predicted octanol–water partition coefficient (Wildman–Crippen LogP) is 2.00. The van der Waals surface area contributed by atoms with Crippen molar-refractivity contribution in [2.24, 2.45) is 5.92 Å². The summed E-state index contributed by atoms with van der Waals surface area (Å²) in [4.78, 5) is 11.0. The number of methoxy groups -OCH3 is 1. The molecule has 1 aliphatic rings. The molecular weight excluding hydrogens is 265 g/mol. The molecule has 0 bridgehead atoms. The van der Waals surface area contributed by atoms with E-state index in [1.165, 1.54) is 7.11 Å². The Bertz CT molecular complexity index is 223. The van der Waals surface area contributed by atoms with Crippen LogP contribution in [0.3, 0.4) is 0 Å². The van der Waals surface area contributed by atoms with Gasteiger partial charge < -0.3 is 10.1 Å². The lowest BCUT2D eigenvalue weighted by atomic mass is 10.2. The van der Waals surface area contributed by atoms with E-state index in [1.807, 2.05) is 0 Å². The van der Waals surface area contributed by atoms with Crippen molar-refractivity contribution in [1.82, 2.24) is 5.32 Å². The van der Waals surface area contributed by atoms with E-state index in [9.17, 15) is 9.18 Å². The van der Waals surface area contributed by atoms with Gasteiger partial charge in [0.25, 0.3) is 0 Å². The standard InChI is InChI=1S/C10H17BrFNO2/c1-15-7-9(14)13-5-3-2-4-8-6-10(8,11)12/h8H,2-7H2,1H3,(H,13,14). The van der Waals surface area contributed by atoms with Crippen LogP contribution in [0.1, 0.15) is 25.7 Å². The van der Waals surface area contributed by atoms with Gasteiger partial charge in [-0.05, 0) is 35.2 Å². The maximum atomic E-state index is 13.0. The Labute approximate surface area is 97.9 Å². The lowest BCUT2D eigenvalue weighted by Gasteiger charge is -2.04. The molecule has 0 aromatic carbocycles. The number of ether oxygens (including phenoxy) is 1. The first-order valence-corrected chi connectivity index (χ1v) is 5.99. The quantitative estimate of drug-likeness (QED) is 0.573. The first kappa shape index (κ1) is 12.9. The molecule has 15 heavy (non-hydrogen) atoms. The van der Waals surface area contributed by atoms with E-state index in [0.717, 1.165) is 19.3 Å². The van der Waals surface area contributed by atoms with Crippen molar-refractivity contribution in [2.45, 2.75) is 30.3 Å². The Morgan fingerprint density at radius 3 is 2.87 bits per heavy atom. The summed E-state index contributed by atoms with van der Waals surface area (Å²) in [7, 11) is 1.49. The van der Waals surface area contributed by atoms with E-state index in [-0.39, 0.29) is 18.4 Å². The molecule has 0 aromatic heterocycles. The molecule has 0 heterocycles. The molecule has 0 aliphatic heterocycles. The molecule has 1 saturated carbocycles. The lowest BCUT2D eigenvalue weighted by molar-refractivity contribution is -0.124. The minimum absolute atomic E-state index is 0.0933. The molecule has 2 atom stereocenters. The third kappa shape index (κ3) is 4.93. The smallest absolute Gasteiger partial charge is 0.245 e. The Morgan fingerprint density at radius 1 is 1.67 bits per heavy atom. The highest BCUT2D eigenvalue weighted by Crippen LogP contribution is 2.54. The Balaban J connectivity index is 1.88. The fraction of sp³-hybridized carbons (Fsp3) is 0.900. The van der Waals surface area contributed by atoms with Gasteiger partial charge in [-0.2, -0.15) is 0 Å². The number of unbranched alkanes of at least 4 members (excludes halogenated alkanes) is 1. The van der Waals surface area contributed by atoms with Crippen LogP contribution in [0.15, 0.2) is 0 Å². The molecule has 1 aliphatic carbocycles. The Morgan fingerprint density at radius 2 is 2.33 bits per heavy atom. The number of alkyl halides is 2. The van der Waals surface area contributed by atoms with Crippen molar-refractivity contribution < 1.29 is 13.9 Å².